The topological polar surface area (TPSA) is 38.4 Å². The number of hydrogen-bond acceptors (Lipinski definition) is 2. The highest BCUT2D eigenvalue weighted by molar-refractivity contribution is 5.99. The number of fused-ring (bicyclic) bond motifs is 7. The number of nitrogens with zero attached hydrogens (tertiary/aromatic N) is 1. The molecule has 2 N–H and O–H groups in total. The summed E-state index contributed by atoms with van der Waals surface area (Å²) in [5.41, 5.74) is 32.2. The molecule has 0 heterocycles. The van der Waals surface area contributed by atoms with Crippen molar-refractivity contribution in [1.82, 2.24) is 0 Å². The average Bonchev–Trinajstić information content (AvgIpc) is 4.04. The Morgan fingerprint density at radius 1 is 0.603 bits per heavy atom. The minimum absolute atomic E-state index is 0.284. The number of terminal acetylenes is 1. The smallest absolute Gasteiger partial charge is 0.0704 e. The minimum atomic E-state index is -0.704. The lowest BCUT2D eigenvalue weighted by Gasteiger charge is -2.56. The maximum Gasteiger partial charge on any atom is 0.0704 e. The summed E-state index contributed by atoms with van der Waals surface area (Å²) in [5.74, 6) is 3.52. The van der Waals surface area contributed by atoms with Gasteiger partial charge in [-0.2, -0.15) is 0 Å². The normalized spacial score (nSPS) is 24.3. The number of hydrogen-bond donors (Lipinski definition) is 1. The van der Waals surface area contributed by atoms with Gasteiger partial charge in [0.05, 0.1) is 22.4 Å². The number of rotatable bonds is 9. The average molecular weight is 941 g/mol. The van der Waals surface area contributed by atoms with Crippen molar-refractivity contribution in [1.29, 1.82) is 0 Å². The molecule has 0 aliphatic heterocycles. The Balaban J connectivity index is 1.19. The third kappa shape index (κ3) is 7.04. The van der Waals surface area contributed by atoms with Crippen LogP contribution in [0.5, 0.6) is 0 Å². The summed E-state index contributed by atoms with van der Waals surface area (Å²) in [6.45, 7) is 2.14. The van der Waals surface area contributed by atoms with Crippen molar-refractivity contribution >= 4 is 5.71 Å². The molecule has 0 saturated carbocycles. The summed E-state index contributed by atoms with van der Waals surface area (Å²) >= 11 is 0. The van der Waals surface area contributed by atoms with Gasteiger partial charge < -0.3 is 5.73 Å². The van der Waals surface area contributed by atoms with Crippen LogP contribution in [0.1, 0.15) is 113 Å². The lowest BCUT2D eigenvalue weighted by atomic mass is 9.46. The van der Waals surface area contributed by atoms with E-state index in [9.17, 15) is 0 Å². The summed E-state index contributed by atoms with van der Waals surface area (Å²) in [5, 5.41) is 0. The fourth-order valence-electron chi connectivity index (χ4n) is 14.4. The molecule has 354 valence electrons. The van der Waals surface area contributed by atoms with Crippen molar-refractivity contribution in [3.8, 4) is 12.3 Å². The molecule has 73 heavy (non-hydrogen) atoms. The Morgan fingerprint density at radius 2 is 1.16 bits per heavy atom. The maximum absolute atomic E-state index is 7.60. The molecule has 7 aliphatic carbocycles. The van der Waals surface area contributed by atoms with Gasteiger partial charge in [0.2, 0.25) is 0 Å². The van der Waals surface area contributed by atoms with E-state index in [4.69, 9.17) is 17.1 Å². The van der Waals surface area contributed by atoms with Gasteiger partial charge in [-0.3, -0.25) is 4.99 Å². The maximum atomic E-state index is 7.60. The zero-order valence-electron chi connectivity index (χ0n) is 41.7. The monoisotopic (exact) mass is 940 g/mol. The van der Waals surface area contributed by atoms with E-state index in [0.29, 0.717) is 11.8 Å². The van der Waals surface area contributed by atoms with E-state index in [1.165, 1.54) is 83.5 Å². The van der Waals surface area contributed by atoms with Crippen LogP contribution in [-0.4, -0.2) is 5.71 Å². The van der Waals surface area contributed by atoms with E-state index < -0.39 is 10.8 Å². The molecule has 7 aliphatic rings. The van der Waals surface area contributed by atoms with E-state index in [1.54, 1.807) is 0 Å². The zero-order chi connectivity index (χ0) is 49.1. The molecule has 5 atom stereocenters. The van der Waals surface area contributed by atoms with Crippen molar-refractivity contribution < 1.29 is 0 Å². The fraction of sp³-hybridized carbons (Fsp3) is 0.197. The minimum Gasteiger partial charge on any atom is -0.399 e. The molecule has 0 spiro atoms. The molecule has 0 amide bonds. The molecular weight excluding hydrogens is 881 g/mol. The van der Waals surface area contributed by atoms with Crippen molar-refractivity contribution in [3.05, 3.63) is 318 Å². The van der Waals surface area contributed by atoms with E-state index in [0.717, 1.165) is 79.6 Å². The predicted molar refractivity (Wildman–Crippen MR) is 301 cm³/mol. The molecule has 5 unspecified atom stereocenters. The van der Waals surface area contributed by atoms with E-state index in [2.05, 4.69) is 225 Å². The largest absolute Gasteiger partial charge is 0.399 e. The molecule has 0 fully saturated rings. The second-order valence-electron chi connectivity index (χ2n) is 21.0. The lowest BCUT2D eigenvalue weighted by Crippen LogP contribution is -2.49. The molecule has 2 nitrogen and oxygen atoms in total. The Morgan fingerprint density at radius 3 is 1.79 bits per heavy atom. The molecule has 0 bridgehead atoms. The van der Waals surface area contributed by atoms with Gasteiger partial charge in [0.1, 0.15) is 0 Å². The first kappa shape index (κ1) is 44.9. The Bertz CT molecular complexity index is 3590. The SMILES string of the molecule is C#CC(/C=C(\N=C(C)c1ccccc1)C1=CC2=C(CC1)C(C1=C3Cc4ccccc4C3CC=C1)(C1=C(N)C=CCC1)c1ccccc1C2(C1=C2Cc3ccccc3C2CC=C1)c1ccccc1)c1ccccc1. The number of aliphatic imine (C=N–C) groups is 1. The third-order valence-corrected chi connectivity index (χ3v) is 17.5. The molecule has 2 heteroatoms. The number of benzene rings is 6. The predicted octanol–water partition coefficient (Wildman–Crippen LogP) is 15.8. The first-order chi connectivity index (χ1) is 36.0. The molecule has 0 aromatic heterocycles. The van der Waals surface area contributed by atoms with Crippen LogP contribution >= 0.6 is 0 Å². The fourth-order valence-corrected chi connectivity index (χ4v) is 14.4. The van der Waals surface area contributed by atoms with Gasteiger partial charge in [0, 0.05) is 23.2 Å². The van der Waals surface area contributed by atoms with Crippen LogP contribution < -0.4 is 5.73 Å². The first-order valence-corrected chi connectivity index (χ1v) is 26.6. The van der Waals surface area contributed by atoms with Crippen LogP contribution in [0.4, 0.5) is 0 Å². The van der Waals surface area contributed by atoms with E-state index in [1.807, 2.05) is 0 Å². The van der Waals surface area contributed by atoms with Gasteiger partial charge in [0.15, 0.2) is 0 Å². The number of nitrogens with two attached hydrogens (primary N) is 1. The second kappa shape index (κ2) is 18.2. The van der Waals surface area contributed by atoms with Crippen molar-refractivity contribution in [2.24, 2.45) is 10.7 Å². The van der Waals surface area contributed by atoms with Crippen LogP contribution in [0.3, 0.4) is 0 Å². The summed E-state index contributed by atoms with van der Waals surface area (Å²) in [7, 11) is 0. The lowest BCUT2D eigenvalue weighted by molar-refractivity contribution is 0.531. The van der Waals surface area contributed by atoms with Gasteiger partial charge >= 0.3 is 0 Å². The van der Waals surface area contributed by atoms with Crippen LogP contribution in [0.2, 0.25) is 0 Å². The molecule has 6 aromatic rings. The Hall–Kier alpha value is -7.99. The third-order valence-electron chi connectivity index (χ3n) is 17.5. The molecule has 0 radical (unpaired) electrons. The number of allylic oxidation sites excluding steroid dienone is 16. The molecule has 0 saturated heterocycles. The standard InChI is InChI=1S/C71H60N2/c1-3-48(50-25-9-5-10-26-50)46-69(73-47(2)49-23-7-4-8-24-49)53-41-42-65-67(45-53)70(54-29-11-6-12-30-54,61-38-21-33-57-55-31-15-13-27-51(55)43-59(57)61)63-35-17-18-36-64(63)71(65,66-37-19-20-40-68(66)72)62-39-22-34-58-56-32-16-14-28-52(56)44-60(58)62/h1,4-18,20-32,35-36,38-40,45-46,48,57-58H,19,33-34,37,41-44,72H2,2H3/b69-46-,73-47?. The van der Waals surface area contributed by atoms with E-state index >= 15 is 0 Å². The quantitative estimate of drug-likeness (QED) is 0.114. The molecule has 6 aromatic carbocycles. The van der Waals surface area contributed by atoms with Crippen molar-refractivity contribution in [2.75, 3.05) is 0 Å². The van der Waals surface area contributed by atoms with Gasteiger partial charge in [-0.25, -0.2) is 0 Å². The molecular formula is C71H60N2. The van der Waals surface area contributed by atoms with Gasteiger partial charge in [-0.1, -0.05) is 217 Å². The summed E-state index contributed by atoms with van der Waals surface area (Å²) in [4.78, 5) is 5.68. The second-order valence-corrected chi connectivity index (χ2v) is 21.0. The highest BCUT2D eigenvalue weighted by atomic mass is 14.8. The van der Waals surface area contributed by atoms with Crippen LogP contribution in [0.25, 0.3) is 0 Å². The first-order valence-electron chi connectivity index (χ1n) is 26.6. The highest BCUT2D eigenvalue weighted by Gasteiger charge is 2.59. The van der Waals surface area contributed by atoms with Crippen LogP contribution in [0.15, 0.2) is 273 Å². The van der Waals surface area contributed by atoms with Crippen LogP contribution in [0, 0.1) is 12.3 Å². The Kier molecular flexibility index (Phi) is 11.2. The Labute approximate surface area is 431 Å². The summed E-state index contributed by atoms with van der Waals surface area (Å²) in [6, 6.07) is 60.6. The van der Waals surface area contributed by atoms with Gasteiger partial charge in [-0.05, 0) is 154 Å². The van der Waals surface area contributed by atoms with Crippen LogP contribution in [-0.2, 0) is 23.7 Å². The highest BCUT2D eigenvalue weighted by Crippen LogP contribution is 2.67. The van der Waals surface area contributed by atoms with Gasteiger partial charge in [-0.15, -0.1) is 6.42 Å². The summed E-state index contributed by atoms with van der Waals surface area (Å²) in [6.07, 6.45) is 33.2. The van der Waals surface area contributed by atoms with E-state index in [-0.39, 0.29) is 5.92 Å². The van der Waals surface area contributed by atoms with Crippen molar-refractivity contribution in [3.63, 3.8) is 0 Å². The zero-order valence-corrected chi connectivity index (χ0v) is 41.7. The summed E-state index contributed by atoms with van der Waals surface area (Å²) < 4.78 is 0. The van der Waals surface area contributed by atoms with Gasteiger partial charge in [0.25, 0.3) is 0 Å². The molecule has 13 rings (SSSR count). The van der Waals surface area contributed by atoms with Crippen molar-refractivity contribution in [2.45, 2.75) is 86.9 Å².